The van der Waals surface area contributed by atoms with Crippen LogP contribution in [0.4, 0.5) is 0 Å². The molecule has 0 aromatic rings. The molecule has 0 aliphatic heterocycles. The van der Waals surface area contributed by atoms with Gasteiger partial charge in [-0.1, -0.05) is 31.9 Å². The van der Waals surface area contributed by atoms with Crippen molar-refractivity contribution in [2.24, 2.45) is 5.41 Å². The average Bonchev–Trinajstić information content (AvgIpc) is 2.10. The molecule has 0 saturated carbocycles. The zero-order valence-corrected chi connectivity index (χ0v) is 9.55. The van der Waals surface area contributed by atoms with E-state index in [0.717, 1.165) is 6.42 Å². The molecule has 0 amide bonds. The average molecular weight is 198 g/mol. The van der Waals surface area contributed by atoms with Crippen LogP contribution in [0.5, 0.6) is 0 Å². The van der Waals surface area contributed by atoms with Crippen molar-refractivity contribution >= 4 is 5.97 Å². The molecule has 0 fully saturated rings. The summed E-state index contributed by atoms with van der Waals surface area (Å²) in [5.41, 5.74) is -0.624. The van der Waals surface area contributed by atoms with Gasteiger partial charge < -0.3 is 5.11 Å². The van der Waals surface area contributed by atoms with E-state index in [4.69, 9.17) is 5.11 Å². The number of hydrogen-bond acceptors (Lipinski definition) is 1. The fraction of sp³-hybridized carbons (Fsp3) is 0.750. The fourth-order valence-electron chi connectivity index (χ4n) is 1.10. The molecule has 0 radical (unpaired) electrons. The first-order chi connectivity index (χ1) is 6.50. The monoisotopic (exact) mass is 198 g/mol. The van der Waals surface area contributed by atoms with Crippen molar-refractivity contribution in [1.29, 1.82) is 0 Å². The number of rotatable bonds is 7. The van der Waals surface area contributed by atoms with Gasteiger partial charge >= 0.3 is 5.97 Å². The molecule has 0 saturated heterocycles. The minimum Gasteiger partial charge on any atom is -0.481 e. The molecule has 0 bridgehead atoms. The molecule has 0 unspecified atom stereocenters. The third-order valence-electron chi connectivity index (χ3n) is 2.35. The first-order valence-corrected chi connectivity index (χ1v) is 5.39. The van der Waals surface area contributed by atoms with Crippen LogP contribution in [0.1, 0.15) is 52.9 Å². The van der Waals surface area contributed by atoms with Crippen LogP contribution in [-0.4, -0.2) is 11.1 Å². The van der Waals surface area contributed by atoms with E-state index in [2.05, 4.69) is 13.0 Å². The Balaban J connectivity index is 3.65. The van der Waals surface area contributed by atoms with Crippen LogP contribution in [0.25, 0.3) is 0 Å². The lowest BCUT2D eigenvalue weighted by molar-refractivity contribution is -0.146. The Kier molecular flexibility index (Phi) is 6.26. The minimum absolute atomic E-state index is 0.620. The second-order valence-corrected chi connectivity index (χ2v) is 4.36. The number of carbonyl (C=O) groups is 1. The third kappa shape index (κ3) is 5.79. The highest BCUT2D eigenvalue weighted by Crippen LogP contribution is 2.20. The van der Waals surface area contributed by atoms with E-state index in [-0.39, 0.29) is 0 Å². The van der Waals surface area contributed by atoms with Crippen molar-refractivity contribution in [1.82, 2.24) is 0 Å². The quantitative estimate of drug-likeness (QED) is 0.501. The number of hydrogen-bond donors (Lipinski definition) is 1. The van der Waals surface area contributed by atoms with E-state index >= 15 is 0 Å². The van der Waals surface area contributed by atoms with Crippen molar-refractivity contribution in [3.05, 3.63) is 12.2 Å². The SMILES string of the molecule is CCCCC/C=C/CC(C)(C)C(=O)O. The molecular weight excluding hydrogens is 176 g/mol. The molecular formula is C12H22O2. The maximum Gasteiger partial charge on any atom is 0.309 e. The Bertz CT molecular complexity index is 192. The Morgan fingerprint density at radius 3 is 2.43 bits per heavy atom. The van der Waals surface area contributed by atoms with E-state index in [0.29, 0.717) is 6.42 Å². The Morgan fingerprint density at radius 2 is 1.93 bits per heavy atom. The van der Waals surface area contributed by atoms with Crippen molar-refractivity contribution in [2.75, 3.05) is 0 Å². The summed E-state index contributed by atoms with van der Waals surface area (Å²) in [5, 5.41) is 8.85. The van der Waals surface area contributed by atoms with Gasteiger partial charge in [-0.2, -0.15) is 0 Å². The summed E-state index contributed by atoms with van der Waals surface area (Å²) in [6, 6.07) is 0. The number of carboxylic acid groups (broad SMARTS) is 1. The summed E-state index contributed by atoms with van der Waals surface area (Å²) >= 11 is 0. The lowest BCUT2D eigenvalue weighted by Gasteiger charge is -2.15. The number of allylic oxidation sites excluding steroid dienone is 2. The predicted octanol–water partition coefficient (Wildman–Crippen LogP) is 3.62. The van der Waals surface area contributed by atoms with Crippen LogP contribution >= 0.6 is 0 Å². The molecule has 0 aliphatic rings. The van der Waals surface area contributed by atoms with E-state index in [1.54, 1.807) is 13.8 Å². The minimum atomic E-state index is -0.726. The van der Waals surface area contributed by atoms with Gasteiger partial charge in [0.15, 0.2) is 0 Å². The van der Waals surface area contributed by atoms with Crippen LogP contribution in [0.2, 0.25) is 0 Å². The fourth-order valence-corrected chi connectivity index (χ4v) is 1.10. The van der Waals surface area contributed by atoms with Crippen molar-refractivity contribution in [3.63, 3.8) is 0 Å². The molecule has 0 aliphatic carbocycles. The molecule has 0 heterocycles. The smallest absolute Gasteiger partial charge is 0.309 e. The third-order valence-corrected chi connectivity index (χ3v) is 2.35. The Morgan fingerprint density at radius 1 is 1.29 bits per heavy atom. The first kappa shape index (κ1) is 13.2. The van der Waals surface area contributed by atoms with E-state index in [1.807, 2.05) is 6.08 Å². The van der Waals surface area contributed by atoms with Gasteiger partial charge in [-0.25, -0.2) is 0 Å². The molecule has 2 nitrogen and oxygen atoms in total. The van der Waals surface area contributed by atoms with Gasteiger partial charge in [0.2, 0.25) is 0 Å². The Labute approximate surface area is 87.0 Å². The summed E-state index contributed by atoms with van der Waals surface area (Å²) < 4.78 is 0. The van der Waals surface area contributed by atoms with Gasteiger partial charge in [0.05, 0.1) is 5.41 Å². The summed E-state index contributed by atoms with van der Waals surface area (Å²) in [6.45, 7) is 5.69. The van der Waals surface area contributed by atoms with E-state index in [1.165, 1.54) is 19.3 Å². The highest BCUT2D eigenvalue weighted by molar-refractivity contribution is 5.73. The maximum absolute atomic E-state index is 10.8. The zero-order valence-electron chi connectivity index (χ0n) is 9.55. The van der Waals surface area contributed by atoms with Crippen molar-refractivity contribution in [2.45, 2.75) is 52.9 Å². The van der Waals surface area contributed by atoms with Gasteiger partial charge in [0.25, 0.3) is 0 Å². The second-order valence-electron chi connectivity index (χ2n) is 4.36. The molecule has 0 atom stereocenters. The van der Waals surface area contributed by atoms with Crippen molar-refractivity contribution in [3.8, 4) is 0 Å². The molecule has 0 aromatic heterocycles. The highest BCUT2D eigenvalue weighted by Gasteiger charge is 2.24. The largest absolute Gasteiger partial charge is 0.481 e. The van der Waals surface area contributed by atoms with Crippen LogP contribution in [-0.2, 0) is 4.79 Å². The molecule has 14 heavy (non-hydrogen) atoms. The number of aliphatic carboxylic acids is 1. The summed E-state index contributed by atoms with van der Waals surface area (Å²) in [6.07, 6.45) is 9.48. The maximum atomic E-state index is 10.8. The predicted molar refractivity (Wildman–Crippen MR) is 59.3 cm³/mol. The standard InChI is InChI=1S/C12H22O2/c1-4-5-6-7-8-9-10-12(2,3)11(13)14/h8-9H,4-7,10H2,1-3H3,(H,13,14)/b9-8+. The van der Waals surface area contributed by atoms with Crippen molar-refractivity contribution < 1.29 is 9.90 Å². The molecule has 0 rings (SSSR count). The molecule has 2 heteroatoms. The van der Waals surface area contributed by atoms with E-state index < -0.39 is 11.4 Å². The number of carboxylic acids is 1. The summed E-state index contributed by atoms with van der Waals surface area (Å²) in [4.78, 5) is 10.8. The van der Waals surface area contributed by atoms with Gasteiger partial charge in [-0.3, -0.25) is 4.79 Å². The zero-order chi connectivity index (χ0) is 11.0. The van der Waals surface area contributed by atoms with Crippen LogP contribution in [0.3, 0.4) is 0 Å². The normalized spacial score (nSPS) is 12.2. The van der Waals surface area contributed by atoms with Gasteiger partial charge in [0.1, 0.15) is 0 Å². The lowest BCUT2D eigenvalue weighted by atomic mass is 9.89. The Hall–Kier alpha value is -0.790. The highest BCUT2D eigenvalue weighted by atomic mass is 16.4. The summed E-state index contributed by atoms with van der Waals surface area (Å²) in [5.74, 6) is -0.726. The first-order valence-electron chi connectivity index (χ1n) is 5.39. The number of unbranched alkanes of at least 4 members (excludes halogenated alkanes) is 3. The molecule has 0 aromatic carbocycles. The topological polar surface area (TPSA) is 37.3 Å². The van der Waals surface area contributed by atoms with Crippen LogP contribution < -0.4 is 0 Å². The van der Waals surface area contributed by atoms with Crippen LogP contribution in [0, 0.1) is 5.41 Å². The lowest BCUT2D eigenvalue weighted by Crippen LogP contribution is -2.22. The van der Waals surface area contributed by atoms with Crippen LogP contribution in [0.15, 0.2) is 12.2 Å². The molecule has 1 N–H and O–H groups in total. The van der Waals surface area contributed by atoms with Gasteiger partial charge in [0, 0.05) is 0 Å². The van der Waals surface area contributed by atoms with Gasteiger partial charge in [-0.05, 0) is 33.1 Å². The summed E-state index contributed by atoms with van der Waals surface area (Å²) in [7, 11) is 0. The molecule has 0 spiro atoms. The van der Waals surface area contributed by atoms with E-state index in [9.17, 15) is 4.79 Å². The second kappa shape index (κ2) is 6.63. The van der Waals surface area contributed by atoms with Gasteiger partial charge in [-0.15, -0.1) is 0 Å². The molecule has 82 valence electrons.